The van der Waals surface area contributed by atoms with Gasteiger partial charge in [0, 0.05) is 30.3 Å². The molecule has 3 rings (SSSR count). The molecule has 2 aromatic rings. The Labute approximate surface area is 153 Å². The molecular formula is C20H23N3O3. The molecule has 2 aromatic carbocycles. The van der Waals surface area contributed by atoms with Crippen molar-refractivity contribution in [3.05, 3.63) is 74.8 Å². The molecule has 136 valence electrons. The fraction of sp³-hybridized carbons (Fsp3) is 0.350. The van der Waals surface area contributed by atoms with Gasteiger partial charge in [-0.05, 0) is 50.0 Å². The highest BCUT2D eigenvalue weighted by atomic mass is 16.6. The molecule has 0 atom stereocenters. The zero-order valence-electron chi connectivity index (χ0n) is 14.9. The molecule has 1 amide bonds. The summed E-state index contributed by atoms with van der Waals surface area (Å²) in [4.78, 5) is 25.4. The first-order chi connectivity index (χ1) is 12.5. The van der Waals surface area contributed by atoms with E-state index in [-0.39, 0.29) is 11.6 Å². The van der Waals surface area contributed by atoms with Gasteiger partial charge in [0.05, 0.1) is 4.92 Å². The molecule has 0 bridgehead atoms. The van der Waals surface area contributed by atoms with Crippen molar-refractivity contribution in [1.29, 1.82) is 0 Å². The van der Waals surface area contributed by atoms with Crippen LogP contribution in [0.2, 0.25) is 0 Å². The van der Waals surface area contributed by atoms with E-state index in [1.807, 2.05) is 12.1 Å². The Bertz CT molecular complexity index is 814. The van der Waals surface area contributed by atoms with Gasteiger partial charge in [-0.25, -0.2) is 0 Å². The molecule has 1 saturated heterocycles. The molecule has 0 radical (unpaired) electrons. The first kappa shape index (κ1) is 18.1. The Morgan fingerprint density at radius 3 is 2.58 bits per heavy atom. The van der Waals surface area contributed by atoms with Gasteiger partial charge in [-0.15, -0.1) is 0 Å². The third-order valence-corrected chi connectivity index (χ3v) is 4.80. The van der Waals surface area contributed by atoms with Gasteiger partial charge in [0.2, 0.25) is 0 Å². The summed E-state index contributed by atoms with van der Waals surface area (Å²) < 4.78 is 0. The smallest absolute Gasteiger partial charge is 0.273 e. The van der Waals surface area contributed by atoms with Crippen LogP contribution >= 0.6 is 0 Å². The van der Waals surface area contributed by atoms with Crippen LogP contribution in [0.1, 0.15) is 39.9 Å². The van der Waals surface area contributed by atoms with Crippen LogP contribution in [0.5, 0.6) is 0 Å². The van der Waals surface area contributed by atoms with Crippen LogP contribution < -0.4 is 5.32 Å². The second kappa shape index (κ2) is 8.10. The summed E-state index contributed by atoms with van der Waals surface area (Å²) >= 11 is 0. The number of hydrogen-bond donors (Lipinski definition) is 1. The van der Waals surface area contributed by atoms with Gasteiger partial charge in [0.1, 0.15) is 0 Å². The van der Waals surface area contributed by atoms with Crippen molar-refractivity contribution >= 4 is 11.6 Å². The first-order valence-corrected chi connectivity index (χ1v) is 8.87. The summed E-state index contributed by atoms with van der Waals surface area (Å²) in [5, 5.41) is 13.9. The lowest BCUT2D eigenvalue weighted by molar-refractivity contribution is -0.385. The van der Waals surface area contributed by atoms with Gasteiger partial charge in [0.15, 0.2) is 0 Å². The van der Waals surface area contributed by atoms with Crippen molar-refractivity contribution in [1.82, 2.24) is 10.2 Å². The minimum Gasteiger partial charge on any atom is -0.348 e. The van der Waals surface area contributed by atoms with Crippen molar-refractivity contribution in [3.63, 3.8) is 0 Å². The maximum absolute atomic E-state index is 12.4. The largest absolute Gasteiger partial charge is 0.348 e. The standard InChI is InChI=1S/C20H23N3O3/c1-15-18(8-5-9-19(15)23(25)26)20(24)21-13-16-6-4-7-17(12-16)14-22-10-2-3-11-22/h4-9,12H,2-3,10-11,13-14H2,1H3,(H,21,24). The Balaban J connectivity index is 1.64. The molecule has 0 aliphatic carbocycles. The zero-order chi connectivity index (χ0) is 18.5. The van der Waals surface area contributed by atoms with E-state index in [0.29, 0.717) is 17.7 Å². The Hall–Kier alpha value is -2.73. The van der Waals surface area contributed by atoms with E-state index in [4.69, 9.17) is 0 Å². The summed E-state index contributed by atoms with van der Waals surface area (Å²) in [6.07, 6.45) is 2.52. The van der Waals surface area contributed by atoms with Crippen molar-refractivity contribution in [2.75, 3.05) is 13.1 Å². The number of nitro benzene ring substituents is 1. The van der Waals surface area contributed by atoms with E-state index in [1.54, 1.807) is 13.0 Å². The molecular weight excluding hydrogens is 330 g/mol. The molecule has 6 nitrogen and oxygen atoms in total. The van der Waals surface area contributed by atoms with Crippen molar-refractivity contribution in [2.24, 2.45) is 0 Å². The molecule has 1 aliphatic rings. The number of likely N-dealkylation sites (tertiary alicyclic amines) is 1. The average molecular weight is 353 g/mol. The van der Waals surface area contributed by atoms with Crippen LogP contribution in [-0.4, -0.2) is 28.8 Å². The minimum atomic E-state index is -0.464. The second-order valence-corrected chi connectivity index (χ2v) is 6.69. The number of nitrogens with one attached hydrogen (secondary N) is 1. The number of rotatable bonds is 6. The van der Waals surface area contributed by atoms with E-state index in [9.17, 15) is 14.9 Å². The maximum Gasteiger partial charge on any atom is 0.273 e. The number of benzene rings is 2. The van der Waals surface area contributed by atoms with E-state index in [0.717, 1.165) is 25.2 Å². The van der Waals surface area contributed by atoms with Crippen molar-refractivity contribution in [2.45, 2.75) is 32.9 Å². The van der Waals surface area contributed by atoms with Crippen LogP contribution in [0.4, 0.5) is 5.69 Å². The summed E-state index contributed by atoms with van der Waals surface area (Å²) in [5.74, 6) is -0.295. The monoisotopic (exact) mass is 353 g/mol. The van der Waals surface area contributed by atoms with Crippen LogP contribution in [0.15, 0.2) is 42.5 Å². The minimum absolute atomic E-state index is 0.0368. The Morgan fingerprint density at radius 2 is 1.85 bits per heavy atom. The summed E-state index contributed by atoms with van der Waals surface area (Å²) in [5.41, 5.74) is 2.96. The third kappa shape index (κ3) is 4.26. The summed E-state index contributed by atoms with van der Waals surface area (Å²) in [7, 11) is 0. The van der Waals surface area contributed by atoms with E-state index < -0.39 is 4.92 Å². The fourth-order valence-corrected chi connectivity index (χ4v) is 3.38. The number of hydrogen-bond acceptors (Lipinski definition) is 4. The molecule has 1 N–H and O–H groups in total. The Kier molecular flexibility index (Phi) is 5.63. The van der Waals surface area contributed by atoms with E-state index in [2.05, 4.69) is 22.3 Å². The number of amides is 1. The SMILES string of the molecule is Cc1c(C(=O)NCc2cccc(CN3CCCC3)c2)cccc1[N+](=O)[O-]. The van der Waals surface area contributed by atoms with Gasteiger partial charge in [-0.3, -0.25) is 19.8 Å². The highest BCUT2D eigenvalue weighted by Gasteiger charge is 2.17. The summed E-state index contributed by atoms with van der Waals surface area (Å²) in [6, 6.07) is 12.8. The van der Waals surface area contributed by atoms with Gasteiger partial charge in [-0.1, -0.05) is 30.3 Å². The van der Waals surface area contributed by atoms with E-state index >= 15 is 0 Å². The molecule has 1 fully saturated rings. The number of carbonyl (C=O) groups is 1. The summed E-state index contributed by atoms with van der Waals surface area (Å²) in [6.45, 7) is 5.23. The van der Waals surface area contributed by atoms with Crippen molar-refractivity contribution in [3.8, 4) is 0 Å². The third-order valence-electron chi connectivity index (χ3n) is 4.80. The van der Waals surface area contributed by atoms with Gasteiger partial charge in [-0.2, -0.15) is 0 Å². The van der Waals surface area contributed by atoms with Crippen LogP contribution in [0.3, 0.4) is 0 Å². The average Bonchev–Trinajstić information content (AvgIpc) is 3.13. The second-order valence-electron chi connectivity index (χ2n) is 6.69. The number of nitro groups is 1. The Morgan fingerprint density at radius 1 is 1.15 bits per heavy atom. The maximum atomic E-state index is 12.4. The molecule has 26 heavy (non-hydrogen) atoms. The molecule has 6 heteroatoms. The lowest BCUT2D eigenvalue weighted by atomic mass is 10.1. The highest BCUT2D eigenvalue weighted by Crippen LogP contribution is 2.21. The zero-order valence-corrected chi connectivity index (χ0v) is 14.9. The van der Waals surface area contributed by atoms with Crippen LogP contribution in [-0.2, 0) is 13.1 Å². The predicted molar refractivity (Wildman–Crippen MR) is 100.0 cm³/mol. The predicted octanol–water partition coefficient (Wildman–Crippen LogP) is 3.43. The van der Waals surface area contributed by atoms with E-state index in [1.165, 1.54) is 30.5 Å². The normalized spacial score (nSPS) is 14.3. The molecule has 0 unspecified atom stereocenters. The van der Waals surface area contributed by atoms with Gasteiger partial charge in [0.25, 0.3) is 11.6 Å². The topological polar surface area (TPSA) is 75.5 Å². The molecule has 0 saturated carbocycles. The quantitative estimate of drug-likeness (QED) is 0.638. The number of carbonyl (C=O) groups excluding carboxylic acids is 1. The molecule has 0 aromatic heterocycles. The van der Waals surface area contributed by atoms with Crippen LogP contribution in [0, 0.1) is 17.0 Å². The van der Waals surface area contributed by atoms with Gasteiger partial charge >= 0.3 is 0 Å². The first-order valence-electron chi connectivity index (χ1n) is 8.87. The lowest BCUT2D eigenvalue weighted by Gasteiger charge is -2.15. The van der Waals surface area contributed by atoms with Crippen LogP contribution in [0.25, 0.3) is 0 Å². The highest BCUT2D eigenvalue weighted by molar-refractivity contribution is 5.96. The molecule has 0 spiro atoms. The lowest BCUT2D eigenvalue weighted by Crippen LogP contribution is -2.24. The molecule has 1 heterocycles. The van der Waals surface area contributed by atoms with Crippen molar-refractivity contribution < 1.29 is 9.72 Å². The van der Waals surface area contributed by atoms with Gasteiger partial charge < -0.3 is 5.32 Å². The fourth-order valence-electron chi connectivity index (χ4n) is 3.38. The molecule has 1 aliphatic heterocycles. The number of nitrogens with zero attached hydrogens (tertiary/aromatic N) is 2.